The maximum Gasteiger partial charge on any atom is 0.306 e. The molecule has 1 spiro atoms. The van der Waals surface area contributed by atoms with Crippen LogP contribution in [0.25, 0.3) is 0 Å². The third-order valence-electron chi connectivity index (χ3n) is 10.1. The topological polar surface area (TPSA) is 73.0 Å². The van der Waals surface area contributed by atoms with Gasteiger partial charge in [0.2, 0.25) is 0 Å². The van der Waals surface area contributed by atoms with E-state index in [1.54, 1.807) is 6.92 Å². The largest absolute Gasteiger partial charge is 0.450 e. The Labute approximate surface area is 183 Å². The second-order valence-corrected chi connectivity index (χ2v) is 11.2. The highest BCUT2D eigenvalue weighted by molar-refractivity contribution is 6.29. The van der Waals surface area contributed by atoms with E-state index in [0.717, 1.165) is 32.1 Å². The summed E-state index contributed by atoms with van der Waals surface area (Å²) in [6.07, 6.45) is 6.79. The van der Waals surface area contributed by atoms with Crippen molar-refractivity contribution < 1.29 is 23.9 Å². The van der Waals surface area contributed by atoms with Crippen molar-refractivity contribution in [2.75, 3.05) is 5.88 Å². The minimum Gasteiger partial charge on any atom is -0.450 e. The smallest absolute Gasteiger partial charge is 0.306 e. The lowest BCUT2D eigenvalue weighted by Gasteiger charge is -2.59. The molecule has 0 amide bonds. The standard InChI is InChI=1S/C24H33ClO5/c1-4-20(28)30-23(18(27)13-25)10-8-16-17-6-5-14-11-15(26)7-9-21(14,2)24(17)19(29-24)12-22(16,23)3/h14,16-17,19H,4-13H2,1-3H3/t14-,16+,17+,19?,21+,22+,23-,24?/m1/s1. The molecule has 6 heteroatoms. The van der Waals surface area contributed by atoms with Gasteiger partial charge in [-0.3, -0.25) is 14.4 Å². The summed E-state index contributed by atoms with van der Waals surface area (Å²) < 4.78 is 12.6. The Kier molecular flexibility index (Phi) is 4.56. The third kappa shape index (κ3) is 2.32. The molecule has 8 atom stereocenters. The molecule has 4 saturated carbocycles. The number of fused-ring (bicyclic) bond motifs is 3. The van der Waals surface area contributed by atoms with E-state index in [0.29, 0.717) is 36.9 Å². The molecule has 0 radical (unpaired) electrons. The van der Waals surface area contributed by atoms with Gasteiger partial charge in [-0.2, -0.15) is 0 Å². The van der Waals surface area contributed by atoms with Gasteiger partial charge in [-0.15, -0.1) is 11.6 Å². The molecule has 5 fully saturated rings. The van der Waals surface area contributed by atoms with Crippen LogP contribution in [0, 0.1) is 28.6 Å². The molecule has 2 unspecified atom stereocenters. The number of Topliss-reactive ketones (excluding diaryl/α,β-unsaturated/α-hetero) is 2. The first kappa shape index (κ1) is 20.9. The van der Waals surface area contributed by atoms with Crippen molar-refractivity contribution in [1.82, 2.24) is 0 Å². The fourth-order valence-corrected chi connectivity index (χ4v) is 8.76. The van der Waals surface area contributed by atoms with Crippen LogP contribution in [0.1, 0.15) is 78.6 Å². The molecule has 1 aliphatic heterocycles. The molecular weight excluding hydrogens is 404 g/mol. The second kappa shape index (κ2) is 6.54. The average molecular weight is 437 g/mol. The minimum absolute atomic E-state index is 0.0255. The summed E-state index contributed by atoms with van der Waals surface area (Å²) in [5, 5.41) is 0. The molecule has 0 bridgehead atoms. The van der Waals surface area contributed by atoms with E-state index in [9.17, 15) is 14.4 Å². The number of esters is 1. The highest BCUT2D eigenvalue weighted by atomic mass is 35.5. The van der Waals surface area contributed by atoms with E-state index in [4.69, 9.17) is 21.1 Å². The number of hydrogen-bond donors (Lipinski definition) is 0. The lowest BCUT2D eigenvalue weighted by Crippen LogP contribution is -2.64. The van der Waals surface area contributed by atoms with Crippen LogP contribution in [0.4, 0.5) is 0 Å². The van der Waals surface area contributed by atoms with Gasteiger partial charge in [0.25, 0.3) is 0 Å². The van der Waals surface area contributed by atoms with Gasteiger partial charge in [0.15, 0.2) is 11.4 Å². The van der Waals surface area contributed by atoms with Crippen molar-refractivity contribution in [2.45, 2.75) is 95.9 Å². The van der Waals surface area contributed by atoms with E-state index >= 15 is 0 Å². The molecule has 5 aliphatic rings. The number of rotatable bonds is 4. The van der Waals surface area contributed by atoms with Crippen LogP contribution in [0.5, 0.6) is 0 Å². The maximum atomic E-state index is 13.2. The Morgan fingerprint density at radius 3 is 2.60 bits per heavy atom. The summed E-state index contributed by atoms with van der Waals surface area (Å²) in [6.45, 7) is 6.25. The summed E-state index contributed by atoms with van der Waals surface area (Å²) in [7, 11) is 0. The molecule has 5 nitrogen and oxygen atoms in total. The first-order chi connectivity index (χ1) is 14.2. The Hall–Kier alpha value is -0.940. The van der Waals surface area contributed by atoms with Gasteiger partial charge in [0, 0.05) is 30.1 Å². The molecule has 0 aromatic rings. The van der Waals surface area contributed by atoms with Crippen molar-refractivity contribution in [3.05, 3.63) is 0 Å². The van der Waals surface area contributed by atoms with Crippen molar-refractivity contribution in [1.29, 1.82) is 0 Å². The minimum atomic E-state index is -1.13. The van der Waals surface area contributed by atoms with Crippen LogP contribution in [-0.2, 0) is 23.9 Å². The number of ether oxygens (including phenoxy) is 2. The Morgan fingerprint density at radius 2 is 1.90 bits per heavy atom. The van der Waals surface area contributed by atoms with Gasteiger partial charge in [-0.25, -0.2) is 0 Å². The summed E-state index contributed by atoms with van der Waals surface area (Å²) in [6, 6.07) is 0. The number of carbonyl (C=O) groups excluding carboxylic acids is 3. The normalized spacial score (nSPS) is 51.3. The summed E-state index contributed by atoms with van der Waals surface area (Å²) in [5.74, 6) is 0.784. The van der Waals surface area contributed by atoms with Crippen LogP contribution in [-0.4, -0.2) is 40.7 Å². The predicted octanol–water partition coefficient (Wildman–Crippen LogP) is 4.23. The van der Waals surface area contributed by atoms with Crippen LogP contribution < -0.4 is 0 Å². The first-order valence-electron chi connectivity index (χ1n) is 11.7. The van der Waals surface area contributed by atoms with Crippen molar-refractivity contribution in [3.8, 4) is 0 Å². The number of halogens is 1. The number of carbonyl (C=O) groups is 3. The molecule has 166 valence electrons. The zero-order valence-electron chi connectivity index (χ0n) is 18.3. The van der Waals surface area contributed by atoms with E-state index in [2.05, 4.69) is 13.8 Å². The summed E-state index contributed by atoms with van der Waals surface area (Å²) >= 11 is 6.05. The van der Waals surface area contributed by atoms with E-state index < -0.39 is 11.0 Å². The van der Waals surface area contributed by atoms with Crippen LogP contribution in [0.3, 0.4) is 0 Å². The van der Waals surface area contributed by atoms with E-state index in [-0.39, 0.29) is 47.1 Å². The van der Waals surface area contributed by atoms with Crippen LogP contribution in [0.15, 0.2) is 0 Å². The molecule has 30 heavy (non-hydrogen) atoms. The number of hydrogen-bond acceptors (Lipinski definition) is 5. The van der Waals surface area contributed by atoms with Crippen molar-refractivity contribution in [3.63, 3.8) is 0 Å². The number of ketones is 2. The maximum absolute atomic E-state index is 13.2. The molecule has 4 aliphatic carbocycles. The van der Waals surface area contributed by atoms with Gasteiger partial charge in [-0.1, -0.05) is 20.8 Å². The van der Waals surface area contributed by atoms with Crippen LogP contribution >= 0.6 is 11.6 Å². The Bertz CT molecular complexity index is 811. The third-order valence-corrected chi connectivity index (χ3v) is 10.4. The summed E-state index contributed by atoms with van der Waals surface area (Å²) in [4.78, 5) is 37.7. The average Bonchev–Trinajstić information content (AvgIpc) is 3.37. The summed E-state index contributed by atoms with van der Waals surface area (Å²) in [5.41, 5.74) is -1.73. The zero-order chi connectivity index (χ0) is 21.5. The molecule has 1 saturated heterocycles. The predicted molar refractivity (Wildman–Crippen MR) is 111 cm³/mol. The molecule has 0 aromatic heterocycles. The molecule has 5 rings (SSSR count). The van der Waals surface area contributed by atoms with Crippen molar-refractivity contribution >= 4 is 29.1 Å². The monoisotopic (exact) mass is 436 g/mol. The van der Waals surface area contributed by atoms with E-state index in [1.807, 2.05) is 0 Å². The Balaban J connectivity index is 1.53. The number of alkyl halides is 1. The molecule has 0 aromatic carbocycles. The molecule has 0 N–H and O–H groups in total. The first-order valence-corrected chi connectivity index (χ1v) is 12.2. The zero-order valence-corrected chi connectivity index (χ0v) is 19.1. The van der Waals surface area contributed by atoms with Gasteiger partial charge in [-0.05, 0) is 56.3 Å². The van der Waals surface area contributed by atoms with Gasteiger partial charge in [0.1, 0.15) is 11.4 Å². The number of epoxide rings is 1. The molecule has 1 heterocycles. The van der Waals surface area contributed by atoms with Crippen molar-refractivity contribution in [2.24, 2.45) is 28.6 Å². The van der Waals surface area contributed by atoms with Gasteiger partial charge >= 0.3 is 5.97 Å². The fraction of sp³-hybridized carbons (Fsp3) is 0.875. The lowest BCUT2D eigenvalue weighted by atomic mass is 9.44. The van der Waals surface area contributed by atoms with Crippen LogP contribution in [0.2, 0.25) is 0 Å². The lowest BCUT2D eigenvalue weighted by molar-refractivity contribution is -0.187. The quantitative estimate of drug-likeness (QED) is 0.374. The van der Waals surface area contributed by atoms with Gasteiger partial charge < -0.3 is 9.47 Å². The Morgan fingerprint density at radius 1 is 1.13 bits per heavy atom. The van der Waals surface area contributed by atoms with E-state index in [1.165, 1.54) is 0 Å². The second-order valence-electron chi connectivity index (χ2n) is 10.9. The van der Waals surface area contributed by atoms with Gasteiger partial charge in [0.05, 0.1) is 12.0 Å². The highest BCUT2D eigenvalue weighted by Crippen LogP contribution is 2.77. The highest BCUT2D eigenvalue weighted by Gasteiger charge is 2.82. The molecular formula is C24H33ClO5. The fourth-order valence-electron chi connectivity index (χ4n) is 8.55. The SMILES string of the molecule is CCC(=O)O[C@@]1(C(=O)CCl)CC[C@H]2[C@@H]3CC[C@@H]4CC(=O)CC[C@]4(C)C34OC4C[C@@]21C.